The van der Waals surface area contributed by atoms with Gasteiger partial charge in [0.1, 0.15) is 0 Å². The predicted molar refractivity (Wildman–Crippen MR) is 65.0 cm³/mol. The number of nitro groups is 1. The van der Waals surface area contributed by atoms with Crippen LogP contribution in [-0.2, 0) is 0 Å². The highest BCUT2D eigenvalue weighted by Gasteiger charge is 2.17. The molecule has 1 aromatic rings. The molecule has 6 heteroatoms. The highest BCUT2D eigenvalue weighted by molar-refractivity contribution is 5.88. The molecule has 0 atom stereocenters. The van der Waals surface area contributed by atoms with Crippen molar-refractivity contribution < 1.29 is 19.6 Å². The van der Waals surface area contributed by atoms with E-state index in [9.17, 15) is 14.9 Å². The Hall–Kier alpha value is -2.11. The fourth-order valence-corrected chi connectivity index (χ4v) is 1.32. The van der Waals surface area contributed by atoms with Crippen molar-refractivity contribution in [3.8, 4) is 5.75 Å². The first kappa shape index (κ1) is 14.0. The maximum absolute atomic E-state index is 10.8. The first-order valence-corrected chi connectivity index (χ1v) is 5.56. The van der Waals surface area contributed by atoms with Gasteiger partial charge in [0.05, 0.1) is 17.1 Å². The number of carboxylic acids is 1. The molecule has 0 saturated heterocycles. The van der Waals surface area contributed by atoms with Gasteiger partial charge in [-0.25, -0.2) is 4.79 Å². The second-order valence-electron chi connectivity index (χ2n) is 4.28. The summed E-state index contributed by atoms with van der Waals surface area (Å²) in [6.07, 6.45) is 0.744. The van der Waals surface area contributed by atoms with Gasteiger partial charge >= 0.3 is 11.7 Å². The Bertz CT molecular complexity index is 456. The van der Waals surface area contributed by atoms with Gasteiger partial charge in [-0.1, -0.05) is 13.8 Å². The summed E-state index contributed by atoms with van der Waals surface area (Å²) in [6, 6.07) is 3.52. The molecule has 0 fully saturated rings. The van der Waals surface area contributed by atoms with E-state index in [1.54, 1.807) is 0 Å². The molecule has 0 radical (unpaired) electrons. The number of hydrogen-bond donors (Lipinski definition) is 1. The van der Waals surface area contributed by atoms with Crippen molar-refractivity contribution in [3.63, 3.8) is 0 Å². The number of aromatic carboxylic acids is 1. The third-order valence-corrected chi connectivity index (χ3v) is 2.36. The van der Waals surface area contributed by atoms with Gasteiger partial charge in [-0.3, -0.25) is 10.1 Å². The molecule has 0 aliphatic heterocycles. The second-order valence-corrected chi connectivity index (χ2v) is 4.28. The van der Waals surface area contributed by atoms with Crippen LogP contribution >= 0.6 is 0 Å². The molecule has 98 valence electrons. The maximum Gasteiger partial charge on any atom is 0.335 e. The van der Waals surface area contributed by atoms with Gasteiger partial charge in [0.25, 0.3) is 0 Å². The highest BCUT2D eigenvalue weighted by Crippen LogP contribution is 2.28. The lowest BCUT2D eigenvalue weighted by atomic mass is 10.1. The summed E-state index contributed by atoms with van der Waals surface area (Å²) in [4.78, 5) is 21.0. The minimum atomic E-state index is -1.14. The molecule has 1 rings (SSSR count). The molecule has 0 amide bonds. The van der Waals surface area contributed by atoms with Gasteiger partial charge in [-0.15, -0.1) is 0 Å². The average Bonchev–Trinajstić information content (AvgIpc) is 2.27. The van der Waals surface area contributed by atoms with Crippen molar-refractivity contribution >= 4 is 11.7 Å². The van der Waals surface area contributed by atoms with E-state index in [1.807, 2.05) is 13.8 Å². The summed E-state index contributed by atoms with van der Waals surface area (Å²) >= 11 is 0. The van der Waals surface area contributed by atoms with E-state index >= 15 is 0 Å². The third-order valence-electron chi connectivity index (χ3n) is 2.36. The number of ether oxygens (including phenoxy) is 1. The number of carbonyl (C=O) groups is 1. The number of benzene rings is 1. The third kappa shape index (κ3) is 3.73. The van der Waals surface area contributed by atoms with Crippen LogP contribution in [0.3, 0.4) is 0 Å². The molecule has 6 nitrogen and oxygen atoms in total. The summed E-state index contributed by atoms with van der Waals surface area (Å²) in [6.45, 7) is 4.33. The standard InChI is InChI=1S/C12H15NO5/c1-8(2)5-6-18-11-7-9(12(14)15)3-4-10(11)13(16)17/h3-4,7-8H,5-6H2,1-2H3,(H,14,15). The SMILES string of the molecule is CC(C)CCOc1cc(C(=O)O)ccc1[N+](=O)[O-]. The summed E-state index contributed by atoms with van der Waals surface area (Å²) in [5.74, 6) is -0.731. The Morgan fingerprint density at radius 3 is 2.67 bits per heavy atom. The molecular formula is C12H15NO5. The van der Waals surface area contributed by atoms with Crippen molar-refractivity contribution in [2.75, 3.05) is 6.61 Å². The first-order chi connectivity index (χ1) is 8.41. The van der Waals surface area contributed by atoms with E-state index in [0.717, 1.165) is 12.5 Å². The van der Waals surface area contributed by atoms with Crippen molar-refractivity contribution in [1.82, 2.24) is 0 Å². The Labute approximate surface area is 104 Å². The van der Waals surface area contributed by atoms with Crippen LogP contribution in [0.1, 0.15) is 30.6 Å². The minimum absolute atomic E-state index is 0.000509. The fraction of sp³-hybridized carbons (Fsp3) is 0.417. The van der Waals surface area contributed by atoms with E-state index in [4.69, 9.17) is 9.84 Å². The van der Waals surface area contributed by atoms with E-state index < -0.39 is 10.9 Å². The number of hydrogen-bond acceptors (Lipinski definition) is 4. The topological polar surface area (TPSA) is 89.7 Å². The van der Waals surface area contributed by atoms with E-state index in [1.165, 1.54) is 12.1 Å². The summed E-state index contributed by atoms with van der Waals surface area (Å²) in [5, 5.41) is 19.6. The van der Waals surface area contributed by atoms with E-state index in [-0.39, 0.29) is 17.0 Å². The quantitative estimate of drug-likeness (QED) is 0.621. The number of carboxylic acid groups (broad SMARTS) is 1. The fourth-order valence-electron chi connectivity index (χ4n) is 1.32. The van der Waals surface area contributed by atoms with Crippen LogP contribution in [0.25, 0.3) is 0 Å². The van der Waals surface area contributed by atoms with Gasteiger partial charge in [0, 0.05) is 12.1 Å². The Morgan fingerprint density at radius 1 is 1.50 bits per heavy atom. The van der Waals surface area contributed by atoms with Crippen LogP contribution in [-0.4, -0.2) is 22.6 Å². The maximum atomic E-state index is 10.8. The normalized spacial score (nSPS) is 10.4. The smallest absolute Gasteiger partial charge is 0.335 e. The molecule has 1 aromatic carbocycles. The zero-order valence-corrected chi connectivity index (χ0v) is 10.3. The number of nitrogens with zero attached hydrogens (tertiary/aromatic N) is 1. The predicted octanol–water partition coefficient (Wildman–Crippen LogP) is 2.72. The molecule has 0 unspecified atom stereocenters. The molecule has 0 heterocycles. The van der Waals surface area contributed by atoms with Crippen LogP contribution < -0.4 is 4.74 Å². The van der Waals surface area contributed by atoms with Gasteiger partial charge in [0.15, 0.2) is 5.75 Å². The van der Waals surface area contributed by atoms with Crippen LogP contribution in [0.15, 0.2) is 18.2 Å². The zero-order chi connectivity index (χ0) is 13.7. The lowest BCUT2D eigenvalue weighted by molar-refractivity contribution is -0.385. The Balaban J connectivity index is 2.93. The second kappa shape index (κ2) is 6.00. The lowest BCUT2D eigenvalue weighted by Gasteiger charge is -2.09. The van der Waals surface area contributed by atoms with Crippen LogP contribution in [0, 0.1) is 16.0 Å². The van der Waals surface area contributed by atoms with Gasteiger partial charge in [-0.2, -0.15) is 0 Å². The van der Waals surface area contributed by atoms with E-state index in [2.05, 4.69) is 0 Å². The monoisotopic (exact) mass is 253 g/mol. The van der Waals surface area contributed by atoms with Crippen LogP contribution in [0.4, 0.5) is 5.69 Å². The Morgan fingerprint density at radius 2 is 2.17 bits per heavy atom. The molecule has 18 heavy (non-hydrogen) atoms. The zero-order valence-electron chi connectivity index (χ0n) is 10.3. The van der Waals surface area contributed by atoms with Gasteiger partial charge in [-0.05, 0) is 18.4 Å². The first-order valence-electron chi connectivity index (χ1n) is 5.56. The van der Waals surface area contributed by atoms with Gasteiger partial charge in [0.2, 0.25) is 0 Å². The van der Waals surface area contributed by atoms with Crippen molar-refractivity contribution in [2.45, 2.75) is 20.3 Å². The van der Waals surface area contributed by atoms with Crippen molar-refractivity contribution in [3.05, 3.63) is 33.9 Å². The summed E-state index contributed by atoms with van der Waals surface area (Å²) in [5.41, 5.74) is -0.246. The molecule has 0 bridgehead atoms. The molecule has 0 aliphatic carbocycles. The molecule has 0 aliphatic rings. The largest absolute Gasteiger partial charge is 0.487 e. The van der Waals surface area contributed by atoms with Crippen molar-refractivity contribution in [1.29, 1.82) is 0 Å². The van der Waals surface area contributed by atoms with E-state index in [0.29, 0.717) is 12.5 Å². The lowest BCUT2D eigenvalue weighted by Crippen LogP contribution is -2.05. The average molecular weight is 253 g/mol. The molecule has 0 saturated carbocycles. The van der Waals surface area contributed by atoms with Crippen molar-refractivity contribution in [2.24, 2.45) is 5.92 Å². The number of nitro benzene ring substituents is 1. The Kier molecular flexibility index (Phi) is 4.65. The van der Waals surface area contributed by atoms with Crippen LogP contribution in [0.5, 0.6) is 5.75 Å². The number of rotatable bonds is 6. The minimum Gasteiger partial charge on any atom is -0.487 e. The summed E-state index contributed by atoms with van der Waals surface area (Å²) in [7, 11) is 0. The molecule has 0 spiro atoms. The molecule has 1 N–H and O–H groups in total. The molecule has 0 aromatic heterocycles. The van der Waals surface area contributed by atoms with Crippen LogP contribution in [0.2, 0.25) is 0 Å². The molecular weight excluding hydrogens is 238 g/mol. The summed E-state index contributed by atoms with van der Waals surface area (Å²) < 4.78 is 5.30. The van der Waals surface area contributed by atoms with Gasteiger partial charge < -0.3 is 9.84 Å². The highest BCUT2D eigenvalue weighted by atomic mass is 16.6.